The number of ether oxygens (including phenoxy) is 3. The van der Waals surface area contributed by atoms with Gasteiger partial charge in [-0.25, -0.2) is 0 Å². The maximum atomic E-state index is 11.7. The normalized spacial score (nSPS) is 11.5. The van der Waals surface area contributed by atoms with E-state index in [1.807, 2.05) is 18.2 Å². The summed E-state index contributed by atoms with van der Waals surface area (Å²) in [7, 11) is 0. The van der Waals surface area contributed by atoms with E-state index in [1.54, 1.807) is 26.0 Å². The van der Waals surface area contributed by atoms with E-state index in [1.165, 1.54) is 0 Å². The third-order valence-electron chi connectivity index (χ3n) is 2.43. The highest BCUT2D eigenvalue weighted by molar-refractivity contribution is 5.94. The zero-order chi connectivity index (χ0) is 14.1. The van der Waals surface area contributed by atoms with Crippen LogP contribution in [-0.4, -0.2) is 25.3 Å². The SMILES string of the molecule is CCOC(=O)C(CC)C(=O)OCOc1ccccc1. The first-order chi connectivity index (χ1) is 9.19. The molecular weight excluding hydrogens is 248 g/mol. The van der Waals surface area contributed by atoms with Crippen molar-refractivity contribution >= 4 is 11.9 Å². The third kappa shape index (κ3) is 4.99. The Balaban J connectivity index is 2.39. The second kappa shape index (κ2) is 8.13. The van der Waals surface area contributed by atoms with Crippen LogP contribution >= 0.6 is 0 Å². The molecule has 1 atom stereocenters. The largest absolute Gasteiger partial charge is 0.465 e. The summed E-state index contributed by atoms with van der Waals surface area (Å²) >= 11 is 0. The second-order valence-corrected chi connectivity index (χ2v) is 3.75. The molecule has 1 unspecified atom stereocenters. The van der Waals surface area contributed by atoms with E-state index in [-0.39, 0.29) is 13.4 Å². The van der Waals surface area contributed by atoms with Crippen LogP contribution in [0.1, 0.15) is 20.3 Å². The van der Waals surface area contributed by atoms with Crippen LogP contribution in [-0.2, 0) is 19.1 Å². The van der Waals surface area contributed by atoms with Crippen molar-refractivity contribution < 1.29 is 23.8 Å². The number of carbonyl (C=O) groups excluding carboxylic acids is 2. The third-order valence-corrected chi connectivity index (χ3v) is 2.43. The van der Waals surface area contributed by atoms with Crippen molar-refractivity contribution in [1.29, 1.82) is 0 Å². The average molecular weight is 266 g/mol. The van der Waals surface area contributed by atoms with Gasteiger partial charge in [0.1, 0.15) is 5.75 Å². The van der Waals surface area contributed by atoms with Crippen molar-refractivity contribution in [2.24, 2.45) is 5.92 Å². The minimum Gasteiger partial charge on any atom is -0.465 e. The van der Waals surface area contributed by atoms with Gasteiger partial charge < -0.3 is 14.2 Å². The number of hydrogen-bond acceptors (Lipinski definition) is 5. The summed E-state index contributed by atoms with van der Waals surface area (Å²) in [5, 5.41) is 0. The fourth-order valence-electron chi connectivity index (χ4n) is 1.45. The van der Waals surface area contributed by atoms with Crippen molar-refractivity contribution in [3.05, 3.63) is 30.3 Å². The van der Waals surface area contributed by atoms with Crippen molar-refractivity contribution in [3.63, 3.8) is 0 Å². The molecule has 0 fully saturated rings. The summed E-state index contributed by atoms with van der Waals surface area (Å²) in [6.45, 7) is 3.43. The van der Waals surface area contributed by atoms with Gasteiger partial charge in [0, 0.05) is 0 Å². The van der Waals surface area contributed by atoms with Crippen LogP contribution in [0.15, 0.2) is 30.3 Å². The first-order valence-corrected chi connectivity index (χ1v) is 6.20. The molecule has 0 amide bonds. The second-order valence-electron chi connectivity index (χ2n) is 3.75. The number of benzene rings is 1. The fraction of sp³-hybridized carbons (Fsp3) is 0.429. The van der Waals surface area contributed by atoms with Gasteiger partial charge in [-0.1, -0.05) is 25.1 Å². The Labute approximate surface area is 112 Å². The van der Waals surface area contributed by atoms with Gasteiger partial charge in [-0.05, 0) is 25.5 Å². The minimum atomic E-state index is -0.890. The van der Waals surface area contributed by atoms with Crippen LogP contribution < -0.4 is 4.74 Å². The topological polar surface area (TPSA) is 61.8 Å². The number of carbonyl (C=O) groups is 2. The van der Waals surface area contributed by atoms with Crippen molar-refractivity contribution in [1.82, 2.24) is 0 Å². The predicted molar refractivity (Wildman–Crippen MR) is 68.4 cm³/mol. The molecule has 0 aromatic heterocycles. The molecule has 0 N–H and O–H groups in total. The number of esters is 2. The van der Waals surface area contributed by atoms with Crippen molar-refractivity contribution in [2.45, 2.75) is 20.3 Å². The smallest absolute Gasteiger partial charge is 0.323 e. The standard InChI is InChI=1S/C14H18O5/c1-3-12(13(15)17-4-2)14(16)19-10-18-11-8-6-5-7-9-11/h5-9,12H,3-4,10H2,1-2H3. The van der Waals surface area contributed by atoms with E-state index in [9.17, 15) is 9.59 Å². The molecule has 1 aromatic carbocycles. The van der Waals surface area contributed by atoms with E-state index in [4.69, 9.17) is 14.2 Å². The van der Waals surface area contributed by atoms with Crippen LogP contribution in [0.2, 0.25) is 0 Å². The first kappa shape index (κ1) is 15.0. The van der Waals surface area contributed by atoms with Crippen LogP contribution in [0.4, 0.5) is 0 Å². The summed E-state index contributed by atoms with van der Waals surface area (Å²) in [5.41, 5.74) is 0. The van der Waals surface area contributed by atoms with E-state index in [0.29, 0.717) is 12.2 Å². The molecule has 0 aliphatic heterocycles. The molecule has 19 heavy (non-hydrogen) atoms. The van der Waals surface area contributed by atoms with Crippen molar-refractivity contribution in [3.8, 4) is 5.75 Å². The van der Waals surface area contributed by atoms with E-state index in [0.717, 1.165) is 0 Å². The van der Waals surface area contributed by atoms with Crippen molar-refractivity contribution in [2.75, 3.05) is 13.4 Å². The lowest BCUT2D eigenvalue weighted by Gasteiger charge is -2.13. The highest BCUT2D eigenvalue weighted by Gasteiger charge is 2.27. The molecule has 0 bridgehead atoms. The lowest BCUT2D eigenvalue weighted by atomic mass is 10.1. The van der Waals surface area contributed by atoms with Crippen LogP contribution in [0.25, 0.3) is 0 Å². The molecule has 5 nitrogen and oxygen atoms in total. The summed E-state index contributed by atoms with van der Waals surface area (Å²) in [5.74, 6) is -1.48. The molecule has 0 radical (unpaired) electrons. The van der Waals surface area contributed by atoms with Gasteiger partial charge in [0.05, 0.1) is 6.61 Å². The van der Waals surface area contributed by atoms with Gasteiger partial charge in [0.15, 0.2) is 5.92 Å². The number of hydrogen-bond donors (Lipinski definition) is 0. The first-order valence-electron chi connectivity index (χ1n) is 6.20. The monoisotopic (exact) mass is 266 g/mol. The number of rotatable bonds is 7. The zero-order valence-electron chi connectivity index (χ0n) is 11.1. The van der Waals surface area contributed by atoms with Gasteiger partial charge in [-0.3, -0.25) is 9.59 Å². The maximum absolute atomic E-state index is 11.7. The van der Waals surface area contributed by atoms with Crippen LogP contribution in [0.5, 0.6) is 5.75 Å². The van der Waals surface area contributed by atoms with Crippen LogP contribution in [0, 0.1) is 5.92 Å². The Kier molecular flexibility index (Phi) is 6.43. The zero-order valence-corrected chi connectivity index (χ0v) is 11.1. The Morgan fingerprint density at radius 3 is 2.26 bits per heavy atom. The molecule has 0 aliphatic carbocycles. The minimum absolute atomic E-state index is 0.223. The highest BCUT2D eigenvalue weighted by atomic mass is 16.7. The molecular formula is C14H18O5. The summed E-state index contributed by atoms with van der Waals surface area (Å²) in [6, 6.07) is 8.97. The molecule has 104 valence electrons. The molecule has 0 heterocycles. The van der Waals surface area contributed by atoms with Crippen LogP contribution in [0.3, 0.4) is 0 Å². The van der Waals surface area contributed by atoms with E-state index < -0.39 is 17.9 Å². The summed E-state index contributed by atoms with van der Waals surface area (Å²) in [4.78, 5) is 23.2. The molecule has 1 aromatic rings. The Bertz CT molecular complexity index is 402. The van der Waals surface area contributed by atoms with Gasteiger partial charge >= 0.3 is 11.9 Å². The summed E-state index contributed by atoms with van der Waals surface area (Å²) in [6.07, 6.45) is 0.336. The molecule has 0 aliphatic rings. The van der Waals surface area contributed by atoms with Gasteiger partial charge in [0.25, 0.3) is 0 Å². The molecule has 0 spiro atoms. The van der Waals surface area contributed by atoms with E-state index >= 15 is 0 Å². The predicted octanol–water partition coefficient (Wildman–Crippen LogP) is 2.16. The molecule has 0 saturated carbocycles. The lowest BCUT2D eigenvalue weighted by molar-refractivity contribution is -0.165. The average Bonchev–Trinajstić information content (AvgIpc) is 2.41. The van der Waals surface area contributed by atoms with Gasteiger partial charge in [-0.2, -0.15) is 0 Å². The van der Waals surface area contributed by atoms with Gasteiger partial charge in [-0.15, -0.1) is 0 Å². The van der Waals surface area contributed by atoms with Gasteiger partial charge in [0.2, 0.25) is 6.79 Å². The Morgan fingerprint density at radius 2 is 1.68 bits per heavy atom. The molecule has 5 heteroatoms. The summed E-state index contributed by atoms with van der Waals surface area (Å²) < 4.78 is 14.9. The molecule has 1 rings (SSSR count). The fourth-order valence-corrected chi connectivity index (χ4v) is 1.45. The highest BCUT2D eigenvalue weighted by Crippen LogP contribution is 2.11. The van der Waals surface area contributed by atoms with E-state index in [2.05, 4.69) is 0 Å². The Hall–Kier alpha value is -2.04. The Morgan fingerprint density at radius 1 is 1.05 bits per heavy atom. The quantitative estimate of drug-likeness (QED) is 0.430. The molecule has 0 saturated heterocycles. The lowest BCUT2D eigenvalue weighted by Crippen LogP contribution is -2.28. The maximum Gasteiger partial charge on any atom is 0.323 e. The number of para-hydroxylation sites is 1.